The monoisotopic (exact) mass is 330 g/mol. The third-order valence-corrected chi connectivity index (χ3v) is 3.21. The number of rotatable bonds is 7. The van der Waals surface area contributed by atoms with E-state index in [0.29, 0.717) is 23.1 Å². The topological polar surface area (TPSA) is 70.9 Å². The van der Waals surface area contributed by atoms with Gasteiger partial charge < -0.3 is 9.84 Å². The number of anilines is 1. The number of hydrogen-bond donors (Lipinski definition) is 2. The van der Waals surface area contributed by atoms with E-state index in [-0.39, 0.29) is 5.56 Å². The van der Waals surface area contributed by atoms with Gasteiger partial charge in [-0.05, 0) is 30.3 Å². The number of para-hydroxylation sites is 1. The molecule has 118 valence electrons. The van der Waals surface area contributed by atoms with Gasteiger partial charge in [-0.3, -0.25) is 5.43 Å². The van der Waals surface area contributed by atoms with Gasteiger partial charge in [-0.1, -0.05) is 36.4 Å². The second kappa shape index (κ2) is 8.00. The maximum atomic E-state index is 11.0. The minimum absolute atomic E-state index is 0.127. The summed E-state index contributed by atoms with van der Waals surface area (Å²) in [7, 11) is 0. The number of ether oxygens (including phenoxy) is 1. The van der Waals surface area contributed by atoms with E-state index < -0.39 is 5.97 Å². The van der Waals surface area contributed by atoms with Crippen molar-refractivity contribution in [2.75, 3.05) is 12.0 Å². The van der Waals surface area contributed by atoms with Gasteiger partial charge in [-0.25, -0.2) is 4.79 Å². The van der Waals surface area contributed by atoms with E-state index in [1.165, 1.54) is 18.2 Å². The molecule has 0 amide bonds. The summed E-state index contributed by atoms with van der Waals surface area (Å²) >= 11 is 6.02. The molecule has 0 fully saturated rings. The molecule has 2 N–H and O–H groups in total. The maximum absolute atomic E-state index is 11.0. The van der Waals surface area contributed by atoms with Crippen LogP contribution in [0.2, 0.25) is 5.02 Å². The number of carbonyl (C=O) groups is 1. The minimum atomic E-state index is -1.03. The lowest BCUT2D eigenvalue weighted by atomic mass is 10.2. The third-order valence-electron chi connectivity index (χ3n) is 2.88. The van der Waals surface area contributed by atoms with E-state index in [2.05, 4.69) is 17.1 Å². The number of carboxylic acids is 1. The number of hydrogen-bond acceptors (Lipinski definition) is 4. The molecule has 2 rings (SSSR count). The van der Waals surface area contributed by atoms with Gasteiger partial charge >= 0.3 is 5.97 Å². The zero-order valence-electron chi connectivity index (χ0n) is 12.2. The van der Waals surface area contributed by atoms with Gasteiger partial charge in [-0.15, -0.1) is 0 Å². The van der Waals surface area contributed by atoms with Gasteiger partial charge in [0.25, 0.3) is 0 Å². The zero-order valence-corrected chi connectivity index (χ0v) is 13.0. The Kier molecular flexibility index (Phi) is 5.77. The lowest BCUT2D eigenvalue weighted by Crippen LogP contribution is -2.00. The largest absolute Gasteiger partial charge is 0.489 e. The summed E-state index contributed by atoms with van der Waals surface area (Å²) < 4.78 is 5.52. The molecule has 0 bridgehead atoms. The van der Waals surface area contributed by atoms with Crippen LogP contribution in [0.15, 0.2) is 60.2 Å². The summed E-state index contributed by atoms with van der Waals surface area (Å²) in [5.41, 5.74) is 4.05. The molecular weight excluding hydrogens is 316 g/mol. The zero-order chi connectivity index (χ0) is 16.7. The van der Waals surface area contributed by atoms with Gasteiger partial charge in [0.1, 0.15) is 12.4 Å². The average molecular weight is 331 g/mol. The Morgan fingerprint density at radius 1 is 1.35 bits per heavy atom. The molecule has 2 aromatic carbocycles. The number of aromatic carboxylic acids is 1. The first kappa shape index (κ1) is 16.6. The molecule has 0 spiro atoms. The Balaban J connectivity index is 2.15. The quantitative estimate of drug-likeness (QED) is 0.456. The predicted molar refractivity (Wildman–Crippen MR) is 91.8 cm³/mol. The van der Waals surface area contributed by atoms with Crippen molar-refractivity contribution in [1.29, 1.82) is 0 Å². The number of nitrogens with one attached hydrogen (secondary N) is 1. The van der Waals surface area contributed by atoms with Crippen LogP contribution >= 0.6 is 11.6 Å². The Labute approximate surface area is 138 Å². The van der Waals surface area contributed by atoms with E-state index in [0.717, 1.165) is 5.56 Å². The van der Waals surface area contributed by atoms with Gasteiger partial charge in [0.15, 0.2) is 0 Å². The minimum Gasteiger partial charge on any atom is -0.489 e. The summed E-state index contributed by atoms with van der Waals surface area (Å²) in [5.74, 6) is -0.361. The molecule has 0 saturated carbocycles. The van der Waals surface area contributed by atoms with Crippen LogP contribution in [0.5, 0.6) is 5.75 Å². The summed E-state index contributed by atoms with van der Waals surface area (Å²) in [6, 6.07) is 11.7. The van der Waals surface area contributed by atoms with E-state index in [4.69, 9.17) is 21.4 Å². The van der Waals surface area contributed by atoms with Crippen LogP contribution in [0, 0.1) is 0 Å². The molecule has 5 nitrogen and oxygen atoms in total. The predicted octanol–water partition coefficient (Wildman–Crippen LogP) is 4.05. The van der Waals surface area contributed by atoms with Crippen LogP contribution in [-0.4, -0.2) is 23.9 Å². The molecule has 0 saturated heterocycles. The van der Waals surface area contributed by atoms with Crippen LogP contribution in [0.25, 0.3) is 0 Å². The van der Waals surface area contributed by atoms with Gasteiger partial charge in [0.2, 0.25) is 0 Å². The van der Waals surface area contributed by atoms with Gasteiger partial charge in [0.05, 0.1) is 22.5 Å². The summed E-state index contributed by atoms with van der Waals surface area (Å²) in [6.45, 7) is 4.00. The van der Waals surface area contributed by atoms with Crippen LogP contribution in [0.1, 0.15) is 15.9 Å². The molecule has 0 heterocycles. The van der Waals surface area contributed by atoms with E-state index in [9.17, 15) is 4.79 Å². The summed E-state index contributed by atoms with van der Waals surface area (Å²) in [4.78, 5) is 11.0. The first-order valence-electron chi connectivity index (χ1n) is 6.76. The molecule has 0 aliphatic carbocycles. The normalized spacial score (nSPS) is 10.5. The first-order chi connectivity index (χ1) is 11.1. The fourth-order valence-corrected chi connectivity index (χ4v) is 1.94. The number of carboxylic acid groups (broad SMARTS) is 1. The number of hydrazone groups is 1. The Hall–Kier alpha value is -2.79. The van der Waals surface area contributed by atoms with Gasteiger partial charge in [-0.2, -0.15) is 5.10 Å². The SMILES string of the molecule is C=CCOc1ccccc1/C=N\Nc1cc(C(=O)O)ccc1Cl. The molecular formula is C17H15ClN2O3. The van der Waals surface area contributed by atoms with Crippen molar-refractivity contribution in [2.45, 2.75) is 0 Å². The fourth-order valence-electron chi connectivity index (χ4n) is 1.78. The smallest absolute Gasteiger partial charge is 0.335 e. The molecule has 6 heteroatoms. The summed E-state index contributed by atoms with van der Waals surface area (Å²) in [5, 5.41) is 13.5. The van der Waals surface area contributed by atoms with Crippen molar-refractivity contribution >= 4 is 29.5 Å². The summed E-state index contributed by atoms with van der Waals surface area (Å²) in [6.07, 6.45) is 3.23. The lowest BCUT2D eigenvalue weighted by Gasteiger charge is -2.07. The van der Waals surface area contributed by atoms with Crippen LogP contribution in [0.4, 0.5) is 5.69 Å². The number of nitrogens with zero attached hydrogens (tertiary/aromatic N) is 1. The molecule has 0 aliphatic rings. The fraction of sp³-hybridized carbons (Fsp3) is 0.0588. The molecule has 2 aromatic rings. The van der Waals surface area contributed by atoms with Crippen LogP contribution in [-0.2, 0) is 0 Å². The molecule has 23 heavy (non-hydrogen) atoms. The molecule has 0 aliphatic heterocycles. The Bertz CT molecular complexity index is 744. The van der Waals surface area contributed by atoms with Gasteiger partial charge in [0, 0.05) is 5.56 Å². The third kappa shape index (κ3) is 4.59. The first-order valence-corrected chi connectivity index (χ1v) is 7.14. The highest BCUT2D eigenvalue weighted by atomic mass is 35.5. The van der Waals surface area contributed by atoms with E-state index in [1.54, 1.807) is 12.3 Å². The standard InChI is InChI=1S/C17H15ClN2O3/c1-2-9-23-16-6-4-3-5-13(16)11-19-20-15-10-12(17(21)22)7-8-14(15)18/h2-8,10-11,20H,1,9H2,(H,21,22)/b19-11-. The van der Waals surface area contributed by atoms with Crippen molar-refractivity contribution in [3.8, 4) is 5.75 Å². The number of benzene rings is 2. The van der Waals surface area contributed by atoms with Crippen molar-refractivity contribution in [3.63, 3.8) is 0 Å². The highest BCUT2D eigenvalue weighted by Gasteiger charge is 2.06. The molecule has 0 atom stereocenters. The average Bonchev–Trinajstić information content (AvgIpc) is 2.55. The molecule has 0 radical (unpaired) electrons. The lowest BCUT2D eigenvalue weighted by molar-refractivity contribution is 0.0697. The van der Waals surface area contributed by atoms with Crippen molar-refractivity contribution in [2.24, 2.45) is 5.10 Å². The number of halogens is 1. The Morgan fingerprint density at radius 2 is 2.13 bits per heavy atom. The van der Waals surface area contributed by atoms with Crippen molar-refractivity contribution < 1.29 is 14.6 Å². The second-order valence-electron chi connectivity index (χ2n) is 4.51. The van der Waals surface area contributed by atoms with Crippen molar-refractivity contribution in [3.05, 3.63) is 71.3 Å². The molecule has 0 aromatic heterocycles. The Morgan fingerprint density at radius 3 is 2.87 bits per heavy atom. The molecule has 0 unspecified atom stereocenters. The maximum Gasteiger partial charge on any atom is 0.335 e. The van der Waals surface area contributed by atoms with E-state index >= 15 is 0 Å². The highest BCUT2D eigenvalue weighted by molar-refractivity contribution is 6.33. The second-order valence-corrected chi connectivity index (χ2v) is 4.91. The highest BCUT2D eigenvalue weighted by Crippen LogP contribution is 2.23. The van der Waals surface area contributed by atoms with Crippen LogP contribution in [0.3, 0.4) is 0 Å². The van der Waals surface area contributed by atoms with Crippen LogP contribution < -0.4 is 10.2 Å². The van der Waals surface area contributed by atoms with Crippen molar-refractivity contribution in [1.82, 2.24) is 0 Å². The van der Waals surface area contributed by atoms with E-state index in [1.807, 2.05) is 24.3 Å².